The molecule has 1 fully saturated rings. The molecular formula is C20H23FN2O3S. The fraction of sp³-hybridized carbons (Fsp3) is 0.350. The molecule has 3 rings (SSSR count). The first kappa shape index (κ1) is 19.5. The molecule has 0 aromatic heterocycles. The second-order valence-electron chi connectivity index (χ2n) is 6.97. The van der Waals surface area contributed by atoms with Gasteiger partial charge in [0.1, 0.15) is 5.82 Å². The maximum atomic E-state index is 12.9. The molecule has 27 heavy (non-hydrogen) atoms. The Bertz CT molecular complexity index is 896. The second-order valence-corrected chi connectivity index (χ2v) is 8.74. The van der Waals surface area contributed by atoms with Crippen molar-refractivity contribution in [2.24, 2.45) is 5.92 Å². The minimum atomic E-state index is -3.71. The van der Waals surface area contributed by atoms with Crippen molar-refractivity contribution in [3.05, 3.63) is 65.5 Å². The van der Waals surface area contributed by atoms with Crippen molar-refractivity contribution in [2.75, 3.05) is 13.1 Å². The highest BCUT2D eigenvalue weighted by atomic mass is 32.2. The summed E-state index contributed by atoms with van der Waals surface area (Å²) >= 11 is 0. The number of benzene rings is 2. The summed E-state index contributed by atoms with van der Waals surface area (Å²) in [5.74, 6) is 0.0488. The number of carbonyl (C=O) groups is 1. The van der Waals surface area contributed by atoms with Crippen LogP contribution in [0.3, 0.4) is 0 Å². The van der Waals surface area contributed by atoms with Crippen LogP contribution in [0.5, 0.6) is 0 Å². The van der Waals surface area contributed by atoms with Gasteiger partial charge in [-0.2, -0.15) is 0 Å². The van der Waals surface area contributed by atoms with Crippen LogP contribution in [0, 0.1) is 11.7 Å². The summed E-state index contributed by atoms with van der Waals surface area (Å²) in [6.07, 6.45) is 2.12. The maximum absolute atomic E-state index is 12.9. The van der Waals surface area contributed by atoms with Gasteiger partial charge >= 0.3 is 0 Å². The largest absolute Gasteiger partial charge is 0.338 e. The molecule has 2 aromatic rings. The van der Waals surface area contributed by atoms with Crippen LogP contribution in [0.2, 0.25) is 0 Å². The van der Waals surface area contributed by atoms with Crippen molar-refractivity contribution in [1.29, 1.82) is 0 Å². The van der Waals surface area contributed by atoms with E-state index < -0.39 is 10.0 Å². The molecule has 1 heterocycles. The zero-order chi connectivity index (χ0) is 19.4. The molecule has 2 aromatic carbocycles. The van der Waals surface area contributed by atoms with Gasteiger partial charge in [0.25, 0.3) is 5.91 Å². The average molecular weight is 390 g/mol. The Morgan fingerprint density at radius 2 is 1.81 bits per heavy atom. The van der Waals surface area contributed by atoms with E-state index in [4.69, 9.17) is 0 Å². The SMILES string of the molecule is CC1CCCN(C(=O)c2ccc(S(=O)(=O)NCc3ccc(F)cc3)cc2)C1. The van der Waals surface area contributed by atoms with Gasteiger partial charge < -0.3 is 4.90 Å². The number of piperidine rings is 1. The van der Waals surface area contributed by atoms with Gasteiger partial charge in [-0.05, 0) is 60.7 Å². The third-order valence-corrected chi connectivity index (χ3v) is 6.15. The molecule has 0 saturated carbocycles. The highest BCUT2D eigenvalue weighted by molar-refractivity contribution is 7.89. The van der Waals surface area contributed by atoms with Gasteiger partial charge in [-0.25, -0.2) is 17.5 Å². The van der Waals surface area contributed by atoms with Crippen LogP contribution in [-0.4, -0.2) is 32.3 Å². The van der Waals surface area contributed by atoms with Crippen LogP contribution < -0.4 is 4.72 Å². The van der Waals surface area contributed by atoms with Gasteiger partial charge in [0.05, 0.1) is 4.90 Å². The van der Waals surface area contributed by atoms with Crippen molar-refractivity contribution in [1.82, 2.24) is 9.62 Å². The van der Waals surface area contributed by atoms with Crippen LogP contribution in [0.25, 0.3) is 0 Å². The molecule has 144 valence electrons. The molecule has 1 aliphatic rings. The number of nitrogens with one attached hydrogen (secondary N) is 1. The molecule has 0 aliphatic carbocycles. The lowest BCUT2D eigenvalue weighted by Crippen LogP contribution is -2.39. The van der Waals surface area contributed by atoms with Crippen molar-refractivity contribution in [2.45, 2.75) is 31.2 Å². The van der Waals surface area contributed by atoms with Gasteiger partial charge in [-0.1, -0.05) is 19.1 Å². The number of hydrogen-bond donors (Lipinski definition) is 1. The van der Waals surface area contributed by atoms with E-state index in [9.17, 15) is 17.6 Å². The lowest BCUT2D eigenvalue weighted by Gasteiger charge is -2.31. The predicted molar refractivity (Wildman–Crippen MR) is 101 cm³/mol. The third kappa shape index (κ3) is 4.93. The molecule has 1 saturated heterocycles. The minimum absolute atomic E-state index is 0.0644. The standard InChI is InChI=1S/C20H23FN2O3S/c1-15-3-2-12-23(14-15)20(24)17-6-10-19(11-7-17)27(25,26)22-13-16-4-8-18(21)9-5-16/h4-11,15,22H,2-3,12-14H2,1H3. The molecule has 1 N–H and O–H groups in total. The predicted octanol–water partition coefficient (Wildman–Crippen LogP) is 3.18. The Hall–Kier alpha value is -2.25. The van der Waals surface area contributed by atoms with E-state index in [0.717, 1.165) is 25.9 Å². The summed E-state index contributed by atoms with van der Waals surface area (Å²) < 4.78 is 40.2. The fourth-order valence-corrected chi connectivity index (χ4v) is 4.21. The van der Waals surface area contributed by atoms with E-state index in [2.05, 4.69) is 11.6 Å². The van der Waals surface area contributed by atoms with E-state index in [0.29, 0.717) is 17.0 Å². The lowest BCUT2D eigenvalue weighted by molar-refractivity contribution is 0.0683. The van der Waals surface area contributed by atoms with Gasteiger partial charge in [-0.15, -0.1) is 0 Å². The van der Waals surface area contributed by atoms with E-state index in [1.165, 1.54) is 36.4 Å². The van der Waals surface area contributed by atoms with Crippen LogP contribution >= 0.6 is 0 Å². The molecule has 1 aliphatic heterocycles. The molecule has 1 atom stereocenters. The van der Waals surface area contributed by atoms with Crippen molar-refractivity contribution in [3.8, 4) is 0 Å². The lowest BCUT2D eigenvalue weighted by atomic mass is 9.99. The smallest absolute Gasteiger partial charge is 0.253 e. The van der Waals surface area contributed by atoms with Gasteiger partial charge in [0, 0.05) is 25.2 Å². The van der Waals surface area contributed by atoms with Gasteiger partial charge in [-0.3, -0.25) is 4.79 Å². The Morgan fingerprint density at radius 1 is 1.15 bits per heavy atom. The van der Waals surface area contributed by atoms with Crippen molar-refractivity contribution in [3.63, 3.8) is 0 Å². The van der Waals surface area contributed by atoms with E-state index in [1.807, 2.05) is 4.90 Å². The van der Waals surface area contributed by atoms with Crippen LogP contribution in [-0.2, 0) is 16.6 Å². The number of amides is 1. The Kier molecular flexibility index (Phi) is 5.92. The summed E-state index contributed by atoms with van der Waals surface area (Å²) in [6.45, 7) is 3.66. The van der Waals surface area contributed by atoms with Crippen molar-refractivity contribution < 1.29 is 17.6 Å². The zero-order valence-electron chi connectivity index (χ0n) is 15.2. The van der Waals surface area contributed by atoms with E-state index >= 15 is 0 Å². The molecule has 7 heteroatoms. The summed E-state index contributed by atoms with van der Waals surface area (Å²) in [5.41, 5.74) is 1.15. The monoisotopic (exact) mass is 390 g/mol. The summed E-state index contributed by atoms with van der Waals surface area (Å²) in [5, 5.41) is 0. The Morgan fingerprint density at radius 3 is 2.44 bits per heavy atom. The second kappa shape index (κ2) is 8.19. The molecule has 0 spiro atoms. The number of carbonyl (C=O) groups excluding carboxylic acids is 1. The highest BCUT2D eigenvalue weighted by Gasteiger charge is 2.22. The number of hydrogen-bond acceptors (Lipinski definition) is 3. The van der Waals surface area contributed by atoms with Gasteiger partial charge in [0.2, 0.25) is 10.0 Å². The molecule has 1 amide bonds. The number of nitrogens with zero attached hydrogens (tertiary/aromatic N) is 1. The number of halogens is 1. The Balaban J connectivity index is 1.66. The third-order valence-electron chi connectivity index (χ3n) is 4.74. The molecule has 0 bridgehead atoms. The number of rotatable bonds is 5. The molecule has 5 nitrogen and oxygen atoms in total. The van der Waals surface area contributed by atoms with Gasteiger partial charge in [0.15, 0.2) is 0 Å². The Labute approximate surface area is 159 Å². The molecular weight excluding hydrogens is 367 g/mol. The summed E-state index contributed by atoms with van der Waals surface area (Å²) in [4.78, 5) is 14.5. The molecule has 0 radical (unpaired) electrons. The maximum Gasteiger partial charge on any atom is 0.253 e. The van der Waals surface area contributed by atoms with Crippen LogP contribution in [0.1, 0.15) is 35.7 Å². The first-order chi connectivity index (χ1) is 12.8. The first-order valence-electron chi connectivity index (χ1n) is 8.98. The van der Waals surface area contributed by atoms with E-state index in [1.54, 1.807) is 12.1 Å². The fourth-order valence-electron chi connectivity index (χ4n) is 3.20. The summed E-state index contributed by atoms with van der Waals surface area (Å²) in [6, 6.07) is 11.6. The normalized spacial score (nSPS) is 17.7. The topological polar surface area (TPSA) is 66.5 Å². The zero-order valence-corrected chi connectivity index (χ0v) is 16.0. The van der Waals surface area contributed by atoms with Crippen LogP contribution in [0.4, 0.5) is 4.39 Å². The van der Waals surface area contributed by atoms with E-state index in [-0.39, 0.29) is 23.2 Å². The number of sulfonamides is 1. The van der Waals surface area contributed by atoms with Crippen LogP contribution in [0.15, 0.2) is 53.4 Å². The first-order valence-corrected chi connectivity index (χ1v) is 10.5. The quantitative estimate of drug-likeness (QED) is 0.853. The molecule has 1 unspecified atom stereocenters. The number of likely N-dealkylation sites (tertiary alicyclic amines) is 1. The van der Waals surface area contributed by atoms with Crippen molar-refractivity contribution >= 4 is 15.9 Å². The minimum Gasteiger partial charge on any atom is -0.338 e. The average Bonchev–Trinajstić information content (AvgIpc) is 2.67. The summed E-state index contributed by atoms with van der Waals surface area (Å²) in [7, 11) is -3.71. The highest BCUT2D eigenvalue weighted by Crippen LogP contribution is 2.19.